The molecule has 2 aliphatic heterocycles. The maximum absolute atomic E-state index is 13.0. The fourth-order valence-corrected chi connectivity index (χ4v) is 14.3. The Morgan fingerprint density at radius 3 is 1.23 bits per heavy atom. The predicted octanol–water partition coefficient (Wildman–Crippen LogP) is 5.94. The van der Waals surface area contributed by atoms with Crippen LogP contribution >= 0.6 is 46.4 Å². The maximum atomic E-state index is 13.0. The Morgan fingerprint density at radius 2 is 0.860 bits per heavy atom. The molecule has 4 aliphatic rings. The molecule has 4 amide bonds. The molecule has 4 aromatic rings. The summed E-state index contributed by atoms with van der Waals surface area (Å²) in [5.41, 5.74) is 16.5. The molecule has 0 saturated carbocycles. The van der Waals surface area contributed by atoms with Gasteiger partial charge in [-0.15, -0.1) is 0 Å². The van der Waals surface area contributed by atoms with Crippen molar-refractivity contribution in [1.82, 2.24) is 40.5 Å². The van der Waals surface area contributed by atoms with Gasteiger partial charge in [0.1, 0.15) is 23.7 Å². The molecule has 0 bridgehead atoms. The lowest BCUT2D eigenvalue weighted by molar-refractivity contribution is 0.0516. The minimum Gasteiger partial charge on any atom is -0.484 e. The topological polar surface area (TPSA) is 288 Å². The van der Waals surface area contributed by atoms with Gasteiger partial charge in [0.15, 0.2) is 0 Å². The van der Waals surface area contributed by atoms with Crippen LogP contribution in [0.5, 0.6) is 11.5 Å². The highest BCUT2D eigenvalue weighted by Crippen LogP contribution is 2.45. The maximum Gasteiger partial charge on any atom is 0.314 e. The number of amides is 4. The first kappa shape index (κ1) is 67.6. The van der Waals surface area contributed by atoms with Crippen LogP contribution < -0.4 is 51.7 Å². The quantitative estimate of drug-likeness (QED) is 0.0256. The van der Waals surface area contributed by atoms with Gasteiger partial charge in [-0.3, -0.25) is 9.80 Å². The number of fused-ring (bicyclic) bond motifs is 2. The van der Waals surface area contributed by atoms with Crippen LogP contribution in [0.2, 0.25) is 20.1 Å². The first-order chi connectivity index (χ1) is 41.4. The van der Waals surface area contributed by atoms with Crippen LogP contribution in [0.4, 0.5) is 9.59 Å². The fourth-order valence-electron chi connectivity index (χ4n) is 11.1. The third-order valence-corrected chi connectivity index (χ3v) is 19.4. The normalized spacial score (nSPS) is 20.7. The molecular weight excluding hydrogens is 1230 g/mol. The number of piperidine rings is 2. The average molecular weight is 1320 g/mol. The molecule has 10 N–H and O–H groups in total. The van der Waals surface area contributed by atoms with E-state index in [4.69, 9.17) is 86.3 Å². The van der Waals surface area contributed by atoms with E-state index in [-0.39, 0.29) is 137 Å². The van der Waals surface area contributed by atoms with Crippen molar-refractivity contribution in [1.29, 1.82) is 0 Å². The van der Waals surface area contributed by atoms with E-state index in [0.29, 0.717) is 70.4 Å². The van der Waals surface area contributed by atoms with E-state index in [1.54, 1.807) is 36.4 Å². The van der Waals surface area contributed by atoms with Gasteiger partial charge in [-0.05, 0) is 148 Å². The summed E-state index contributed by atoms with van der Waals surface area (Å²) in [5.74, 6) is 1.03. The lowest BCUT2D eigenvalue weighted by atomic mass is 10.0. The number of hydrogen-bond acceptors (Lipinski definition) is 16. The zero-order valence-electron chi connectivity index (χ0n) is 48.1. The van der Waals surface area contributed by atoms with E-state index in [1.165, 1.54) is 24.3 Å². The van der Waals surface area contributed by atoms with Crippen molar-refractivity contribution >= 4 is 78.5 Å². The molecule has 2 heterocycles. The van der Waals surface area contributed by atoms with Crippen molar-refractivity contribution < 1.29 is 54.8 Å². The van der Waals surface area contributed by atoms with Crippen LogP contribution in [0, 0.1) is 0 Å². The van der Waals surface area contributed by atoms with Gasteiger partial charge in [-0.1, -0.05) is 46.4 Å². The van der Waals surface area contributed by atoms with E-state index in [0.717, 1.165) is 74.1 Å². The van der Waals surface area contributed by atoms with Gasteiger partial charge in [0.2, 0.25) is 20.0 Å². The van der Waals surface area contributed by atoms with Crippen molar-refractivity contribution in [3.63, 3.8) is 0 Å². The van der Waals surface area contributed by atoms with Crippen molar-refractivity contribution in [2.24, 2.45) is 11.5 Å². The van der Waals surface area contributed by atoms with Crippen molar-refractivity contribution in [3.8, 4) is 11.5 Å². The third-order valence-electron chi connectivity index (χ3n) is 15.3. The van der Waals surface area contributed by atoms with Gasteiger partial charge in [-0.2, -0.15) is 0 Å². The Hall–Kier alpha value is -4.32. The summed E-state index contributed by atoms with van der Waals surface area (Å²) in [4.78, 5) is 29.2. The van der Waals surface area contributed by atoms with E-state index >= 15 is 0 Å². The SMILES string of the molecule is N[C@@H]1CCCN([C@H]2Cc3c(Cl)cc(Cl)cc3[C@@H]2Oc2ccc(S(=O)(=O)NCCOCCOCCNC(=O)NCCCCNC(=O)NCCOCCOCCNS(=O)(=O)c3ccc(O[C@H]4c5cc(Cl)cc(Cl)c5C[C@@H]4N4CCC[C@@H](N)C4)cc3)cc2)C1. The summed E-state index contributed by atoms with van der Waals surface area (Å²) >= 11 is 26.1. The largest absolute Gasteiger partial charge is 0.484 e. The number of rotatable bonds is 33. The van der Waals surface area contributed by atoms with Gasteiger partial charge in [0.05, 0.1) is 74.7 Å². The minimum absolute atomic E-state index is 0.00445. The highest BCUT2D eigenvalue weighted by atomic mass is 35.5. The highest BCUT2D eigenvalue weighted by molar-refractivity contribution is 7.89. The lowest BCUT2D eigenvalue weighted by Crippen LogP contribution is -2.49. The first-order valence-electron chi connectivity index (χ1n) is 29.3. The van der Waals surface area contributed by atoms with Gasteiger partial charge >= 0.3 is 12.1 Å². The van der Waals surface area contributed by atoms with Crippen LogP contribution in [-0.2, 0) is 51.8 Å². The number of nitrogens with zero attached hydrogens (tertiary/aromatic N) is 2. The standard InChI is InChI=1S/C58H80Cl4N10O12S2/c59-39-31-49-47(51(61)33-39)35-53(71-21-3-5-41(63)37-71)55(49)83-43-7-11-45(12-8-43)85(75,76)69-19-25-81-29-27-79-23-17-67-57(73)65-15-1-2-16-66-58(74)68-18-24-80-28-30-82-26-20-70-86(77,78)46-13-9-44(10-14-46)84-56-50-32-40(60)34-52(62)48(50)36-54(56)72-22-4-6-42(64)38-72/h7-14,31-34,41-42,53-56,69-70H,1-6,15-30,35-38,63-64H2,(H2,65,67,73)(H2,66,68,74)/t41-,42-,53+,54+,55+,56+/m1/s1. The minimum atomic E-state index is -3.81. The van der Waals surface area contributed by atoms with Gasteiger partial charge in [0.25, 0.3) is 0 Å². The van der Waals surface area contributed by atoms with Crippen molar-refractivity contribution in [2.45, 2.75) is 97.5 Å². The first-order valence-corrected chi connectivity index (χ1v) is 33.7. The van der Waals surface area contributed by atoms with Crippen molar-refractivity contribution in [2.75, 3.05) is 118 Å². The molecule has 4 aromatic carbocycles. The Kier molecular flexibility index (Phi) is 26.3. The third kappa shape index (κ3) is 20.1. The van der Waals surface area contributed by atoms with E-state index in [1.807, 2.05) is 12.1 Å². The molecule has 28 heteroatoms. The number of nitrogens with one attached hydrogen (secondary N) is 6. The van der Waals surface area contributed by atoms with Crippen LogP contribution in [0.3, 0.4) is 0 Å². The van der Waals surface area contributed by atoms with E-state index in [2.05, 4.69) is 40.5 Å². The zero-order valence-corrected chi connectivity index (χ0v) is 52.7. The molecule has 2 fully saturated rings. The summed E-state index contributed by atoms with van der Waals surface area (Å²) in [6.07, 6.45) is 5.90. The molecule has 6 atom stereocenters. The number of urea groups is 2. The second-order valence-electron chi connectivity index (χ2n) is 21.6. The molecule has 474 valence electrons. The van der Waals surface area contributed by atoms with Crippen LogP contribution in [0.1, 0.15) is 73.0 Å². The number of carbonyl (C=O) groups is 2. The molecule has 0 unspecified atom stereocenters. The Balaban J connectivity index is 0.581. The van der Waals surface area contributed by atoms with Gasteiger partial charge in [-0.25, -0.2) is 35.9 Å². The number of ether oxygens (including phenoxy) is 6. The molecule has 22 nitrogen and oxygen atoms in total. The number of hydrogen-bond donors (Lipinski definition) is 8. The summed E-state index contributed by atoms with van der Waals surface area (Å²) in [6.45, 7) is 6.55. The number of likely N-dealkylation sites (tertiary alicyclic amines) is 2. The number of benzene rings is 4. The monoisotopic (exact) mass is 1310 g/mol. The Morgan fingerprint density at radius 1 is 0.500 bits per heavy atom. The van der Waals surface area contributed by atoms with Gasteiger partial charge in [0, 0.05) is 95.7 Å². The molecule has 0 aromatic heterocycles. The summed E-state index contributed by atoms with van der Waals surface area (Å²) in [5, 5.41) is 13.2. The second-order valence-corrected chi connectivity index (χ2v) is 26.8. The second kappa shape index (κ2) is 33.5. The summed E-state index contributed by atoms with van der Waals surface area (Å²) < 4.78 is 92.4. The van der Waals surface area contributed by atoms with Gasteiger partial charge < -0.3 is 61.2 Å². The number of nitrogens with two attached hydrogens (primary N) is 2. The van der Waals surface area contributed by atoms with Crippen LogP contribution in [-0.4, -0.2) is 181 Å². The number of sulfonamides is 2. The fraction of sp³-hybridized carbons (Fsp3) is 0.552. The zero-order chi connectivity index (χ0) is 61.1. The summed E-state index contributed by atoms with van der Waals surface area (Å²) in [7, 11) is -7.63. The Labute approximate surface area is 524 Å². The molecule has 0 radical (unpaired) electrons. The average Bonchev–Trinajstić information content (AvgIpc) is 2.22. The number of halogens is 4. The molecule has 2 saturated heterocycles. The van der Waals surface area contributed by atoms with Crippen LogP contribution in [0.25, 0.3) is 0 Å². The van der Waals surface area contributed by atoms with Crippen molar-refractivity contribution in [3.05, 3.63) is 115 Å². The molecular formula is C58H80Cl4N10O12S2. The molecule has 2 aliphatic carbocycles. The number of unbranched alkanes of at least 4 members (excludes halogenated alkanes) is 1. The molecule has 86 heavy (non-hydrogen) atoms. The molecule has 0 spiro atoms. The number of carbonyl (C=O) groups excluding carboxylic acids is 2. The van der Waals surface area contributed by atoms with Crippen LogP contribution in [0.15, 0.2) is 82.6 Å². The molecule has 8 rings (SSSR count). The highest BCUT2D eigenvalue weighted by Gasteiger charge is 2.42. The Bertz CT molecular complexity index is 2870. The lowest BCUT2D eigenvalue weighted by Gasteiger charge is -2.38. The van der Waals surface area contributed by atoms with E-state index < -0.39 is 20.0 Å². The predicted molar refractivity (Wildman–Crippen MR) is 331 cm³/mol. The van der Waals surface area contributed by atoms with E-state index in [9.17, 15) is 26.4 Å². The smallest absolute Gasteiger partial charge is 0.314 e. The summed E-state index contributed by atoms with van der Waals surface area (Å²) in [6, 6.07) is 19.4.